The van der Waals surface area contributed by atoms with Crippen molar-refractivity contribution in [2.75, 3.05) is 0 Å². The third-order valence-corrected chi connectivity index (χ3v) is 6.21. The highest BCUT2D eigenvalue weighted by atomic mass is 79.9. The number of rotatable bonds is 4. The van der Waals surface area contributed by atoms with E-state index >= 15 is 0 Å². The number of aryl methyl sites for hydroxylation is 1. The van der Waals surface area contributed by atoms with E-state index in [1.807, 2.05) is 6.07 Å². The van der Waals surface area contributed by atoms with Crippen molar-refractivity contribution >= 4 is 43.2 Å². The summed E-state index contributed by atoms with van der Waals surface area (Å²) in [7, 11) is 0. The molecule has 18 heavy (non-hydrogen) atoms. The van der Waals surface area contributed by atoms with Gasteiger partial charge in [-0.15, -0.1) is 11.3 Å². The lowest BCUT2D eigenvalue weighted by Crippen LogP contribution is -1.99. The van der Waals surface area contributed by atoms with E-state index in [4.69, 9.17) is 0 Å². The van der Waals surface area contributed by atoms with Gasteiger partial charge in [0.25, 0.3) is 0 Å². The molecule has 0 fully saturated rings. The predicted octanol–water partition coefficient (Wildman–Crippen LogP) is 5.11. The second-order valence-corrected chi connectivity index (χ2v) is 7.42. The van der Waals surface area contributed by atoms with Crippen molar-refractivity contribution in [3.8, 4) is 0 Å². The van der Waals surface area contributed by atoms with Gasteiger partial charge in [-0.05, 0) is 55.5 Å². The zero-order chi connectivity index (χ0) is 13.1. The van der Waals surface area contributed by atoms with Gasteiger partial charge in [0.2, 0.25) is 0 Å². The first-order chi connectivity index (χ1) is 8.60. The molecule has 0 radical (unpaired) electrons. The van der Waals surface area contributed by atoms with E-state index in [0.29, 0.717) is 6.42 Å². The van der Waals surface area contributed by atoms with Gasteiger partial charge < -0.3 is 5.11 Å². The molecule has 1 aromatic heterocycles. The Morgan fingerprint density at radius 1 is 1.17 bits per heavy atom. The van der Waals surface area contributed by atoms with Gasteiger partial charge in [-0.2, -0.15) is 0 Å². The predicted molar refractivity (Wildman–Crippen MR) is 84.2 cm³/mol. The van der Waals surface area contributed by atoms with Crippen LogP contribution in [0.15, 0.2) is 38.6 Å². The average molecular weight is 390 g/mol. The molecule has 0 saturated heterocycles. The molecular formula is C14H14Br2OS. The van der Waals surface area contributed by atoms with Crippen LogP contribution in [0.4, 0.5) is 0 Å². The van der Waals surface area contributed by atoms with Gasteiger partial charge in [-0.3, -0.25) is 0 Å². The van der Waals surface area contributed by atoms with Crippen LogP contribution in [0.25, 0.3) is 0 Å². The Kier molecular flexibility index (Phi) is 5.01. The van der Waals surface area contributed by atoms with Crippen LogP contribution in [-0.4, -0.2) is 5.11 Å². The maximum Gasteiger partial charge on any atom is 0.0922 e. The number of aliphatic hydroxyl groups is 1. The van der Waals surface area contributed by atoms with Crippen molar-refractivity contribution in [3.05, 3.63) is 54.6 Å². The Hall–Kier alpha value is -0.160. The zero-order valence-corrected chi connectivity index (χ0v) is 14.0. The molecule has 1 heterocycles. The van der Waals surface area contributed by atoms with Crippen LogP contribution in [0, 0.1) is 0 Å². The van der Waals surface area contributed by atoms with Crippen molar-refractivity contribution in [1.29, 1.82) is 0 Å². The van der Waals surface area contributed by atoms with Gasteiger partial charge in [-0.1, -0.05) is 31.2 Å². The molecule has 1 nitrogen and oxygen atoms in total. The molecule has 1 aromatic carbocycles. The smallest absolute Gasteiger partial charge is 0.0922 e. The summed E-state index contributed by atoms with van der Waals surface area (Å²) in [5.74, 6) is 0. The van der Waals surface area contributed by atoms with Gasteiger partial charge in [0.15, 0.2) is 0 Å². The molecule has 0 saturated carbocycles. The third kappa shape index (κ3) is 3.44. The van der Waals surface area contributed by atoms with Gasteiger partial charge in [0.1, 0.15) is 0 Å². The number of hydrogen-bond acceptors (Lipinski definition) is 2. The van der Waals surface area contributed by atoms with Crippen molar-refractivity contribution in [3.63, 3.8) is 0 Å². The number of thiophene rings is 1. The van der Waals surface area contributed by atoms with E-state index in [2.05, 4.69) is 63.0 Å². The Balaban J connectivity index is 2.08. The summed E-state index contributed by atoms with van der Waals surface area (Å²) in [4.78, 5) is 0.980. The molecule has 0 aliphatic carbocycles. The zero-order valence-electron chi connectivity index (χ0n) is 9.99. The standard InChI is InChI=1S/C14H14Br2OS/c1-2-9-3-5-10(6-4-9)7-12(17)13-8-11(15)14(16)18-13/h3-6,8,12,17H,2,7H2,1H3. The maximum atomic E-state index is 10.2. The minimum Gasteiger partial charge on any atom is -0.387 e. The SMILES string of the molecule is CCc1ccc(CC(O)c2cc(Br)c(Br)s2)cc1. The first-order valence-corrected chi connectivity index (χ1v) is 8.21. The molecule has 0 amide bonds. The quantitative estimate of drug-likeness (QED) is 0.769. The molecule has 0 aliphatic rings. The lowest BCUT2D eigenvalue weighted by atomic mass is 10.0. The van der Waals surface area contributed by atoms with E-state index < -0.39 is 6.10 Å². The molecule has 0 aliphatic heterocycles. The lowest BCUT2D eigenvalue weighted by molar-refractivity contribution is 0.182. The highest BCUT2D eigenvalue weighted by Gasteiger charge is 2.13. The van der Waals surface area contributed by atoms with Crippen molar-refractivity contribution < 1.29 is 5.11 Å². The normalized spacial score (nSPS) is 12.7. The maximum absolute atomic E-state index is 10.2. The summed E-state index contributed by atoms with van der Waals surface area (Å²) in [6.45, 7) is 2.14. The van der Waals surface area contributed by atoms with Crippen LogP contribution in [0.2, 0.25) is 0 Å². The van der Waals surface area contributed by atoms with E-state index in [1.54, 1.807) is 11.3 Å². The second kappa shape index (κ2) is 6.33. The fourth-order valence-corrected chi connectivity index (χ4v) is 3.84. The molecule has 1 unspecified atom stereocenters. The number of halogens is 2. The highest BCUT2D eigenvalue weighted by molar-refractivity contribution is 9.13. The van der Waals surface area contributed by atoms with Crippen molar-refractivity contribution in [2.24, 2.45) is 0 Å². The van der Waals surface area contributed by atoms with E-state index in [9.17, 15) is 5.11 Å². The summed E-state index contributed by atoms with van der Waals surface area (Å²) in [5, 5.41) is 10.2. The first-order valence-electron chi connectivity index (χ1n) is 5.80. The summed E-state index contributed by atoms with van der Waals surface area (Å²) in [6, 6.07) is 10.4. The summed E-state index contributed by atoms with van der Waals surface area (Å²) < 4.78 is 2.03. The van der Waals surface area contributed by atoms with Gasteiger partial charge in [0, 0.05) is 15.8 Å². The van der Waals surface area contributed by atoms with E-state index in [-0.39, 0.29) is 0 Å². The van der Waals surface area contributed by atoms with Crippen LogP contribution >= 0.6 is 43.2 Å². The fourth-order valence-electron chi connectivity index (χ4n) is 1.76. The molecule has 4 heteroatoms. The molecule has 1 atom stereocenters. The average Bonchev–Trinajstić information content (AvgIpc) is 2.71. The van der Waals surface area contributed by atoms with Crippen molar-refractivity contribution in [2.45, 2.75) is 25.9 Å². The molecule has 0 bridgehead atoms. The van der Waals surface area contributed by atoms with Crippen LogP contribution in [0.5, 0.6) is 0 Å². The Morgan fingerprint density at radius 3 is 2.28 bits per heavy atom. The molecular weight excluding hydrogens is 376 g/mol. The van der Waals surface area contributed by atoms with Gasteiger partial charge >= 0.3 is 0 Å². The largest absolute Gasteiger partial charge is 0.387 e. The number of hydrogen-bond donors (Lipinski definition) is 1. The molecule has 2 aromatic rings. The van der Waals surface area contributed by atoms with Gasteiger partial charge in [0.05, 0.1) is 9.89 Å². The topological polar surface area (TPSA) is 20.2 Å². The third-order valence-electron chi connectivity index (χ3n) is 2.85. The Morgan fingerprint density at radius 2 is 1.78 bits per heavy atom. The first kappa shape index (κ1) is 14.3. The minimum atomic E-state index is -0.440. The van der Waals surface area contributed by atoms with Crippen LogP contribution in [0.1, 0.15) is 29.0 Å². The Bertz CT molecular complexity index is 500. The molecule has 96 valence electrons. The summed E-state index contributed by atoms with van der Waals surface area (Å²) in [5.41, 5.74) is 2.50. The second-order valence-electron chi connectivity index (χ2n) is 4.16. The molecule has 0 spiro atoms. The van der Waals surface area contributed by atoms with E-state index in [1.165, 1.54) is 11.1 Å². The summed E-state index contributed by atoms with van der Waals surface area (Å²) >= 11 is 8.46. The monoisotopic (exact) mass is 388 g/mol. The number of benzene rings is 1. The van der Waals surface area contributed by atoms with Crippen LogP contribution in [-0.2, 0) is 12.8 Å². The number of aliphatic hydroxyl groups excluding tert-OH is 1. The summed E-state index contributed by atoms with van der Waals surface area (Å²) in [6.07, 6.45) is 1.27. The molecule has 2 rings (SSSR count). The molecule has 1 N–H and O–H groups in total. The van der Waals surface area contributed by atoms with Crippen molar-refractivity contribution in [1.82, 2.24) is 0 Å². The van der Waals surface area contributed by atoms with Crippen LogP contribution in [0.3, 0.4) is 0 Å². The van der Waals surface area contributed by atoms with Crippen LogP contribution < -0.4 is 0 Å². The lowest BCUT2D eigenvalue weighted by Gasteiger charge is -2.08. The minimum absolute atomic E-state index is 0.440. The highest BCUT2D eigenvalue weighted by Crippen LogP contribution is 2.36. The Labute approximate surface area is 128 Å². The van der Waals surface area contributed by atoms with Gasteiger partial charge in [-0.25, -0.2) is 0 Å². The van der Waals surface area contributed by atoms with E-state index in [0.717, 1.165) is 19.6 Å². The fraction of sp³-hybridized carbons (Fsp3) is 0.286.